The predicted molar refractivity (Wildman–Crippen MR) is 35.7 cm³/mol. The van der Waals surface area contributed by atoms with E-state index >= 15 is 0 Å². The van der Waals surface area contributed by atoms with Crippen LogP contribution in [0.25, 0.3) is 0 Å². The van der Waals surface area contributed by atoms with Crippen molar-refractivity contribution in [1.29, 1.82) is 0 Å². The minimum Gasteiger partial charge on any atom is -0.453 e. The first-order valence-corrected chi connectivity index (χ1v) is 3.22. The van der Waals surface area contributed by atoms with Crippen LogP contribution in [0, 0.1) is 0 Å². The summed E-state index contributed by atoms with van der Waals surface area (Å²) in [5.74, 6) is 0.560. The van der Waals surface area contributed by atoms with Crippen molar-refractivity contribution >= 4 is 17.7 Å². The molecule has 0 aromatic rings. The van der Waals surface area contributed by atoms with Gasteiger partial charge in [0.1, 0.15) is 0 Å². The fourth-order valence-corrected chi connectivity index (χ4v) is 0.463. The molecule has 0 fully saturated rings. The van der Waals surface area contributed by atoms with Gasteiger partial charge in [0, 0.05) is 12.4 Å². The van der Waals surface area contributed by atoms with Crippen molar-refractivity contribution in [1.82, 2.24) is 5.32 Å². The summed E-state index contributed by atoms with van der Waals surface area (Å²) in [4.78, 5) is 10.3. The number of ether oxygens (including phenoxy) is 1. The normalized spacial score (nSPS) is 8.67. The fourth-order valence-electron chi connectivity index (χ4n) is 0.329. The van der Waals surface area contributed by atoms with E-state index in [0.717, 1.165) is 6.42 Å². The van der Waals surface area contributed by atoms with Crippen LogP contribution in [0.2, 0.25) is 0 Å². The minimum atomic E-state index is -0.403. The maximum atomic E-state index is 10.3. The first-order valence-electron chi connectivity index (χ1n) is 2.69. The molecule has 9 heavy (non-hydrogen) atoms. The highest BCUT2D eigenvalue weighted by atomic mass is 35.5. The highest BCUT2D eigenvalue weighted by Crippen LogP contribution is 1.81. The van der Waals surface area contributed by atoms with Crippen LogP contribution in [0.1, 0.15) is 6.42 Å². The molecule has 1 N–H and O–H groups in total. The average Bonchev–Trinajstić information content (AvgIpc) is 1.89. The molecular formula is C5H10ClNO2. The molecule has 0 unspecified atom stereocenters. The monoisotopic (exact) mass is 151 g/mol. The second-order valence-electron chi connectivity index (χ2n) is 1.46. The average molecular weight is 152 g/mol. The molecule has 0 atom stereocenters. The molecule has 0 heterocycles. The van der Waals surface area contributed by atoms with Gasteiger partial charge in [-0.3, -0.25) is 0 Å². The van der Waals surface area contributed by atoms with Gasteiger partial charge in [0.2, 0.25) is 0 Å². The van der Waals surface area contributed by atoms with E-state index in [-0.39, 0.29) is 0 Å². The molecule has 54 valence electrons. The number of halogens is 1. The molecule has 1 amide bonds. The topological polar surface area (TPSA) is 38.3 Å². The van der Waals surface area contributed by atoms with Crippen molar-refractivity contribution in [2.75, 3.05) is 19.5 Å². The van der Waals surface area contributed by atoms with Gasteiger partial charge in [-0.15, -0.1) is 11.6 Å². The van der Waals surface area contributed by atoms with E-state index in [1.807, 2.05) is 0 Å². The molecule has 0 aromatic heterocycles. The van der Waals surface area contributed by atoms with Crippen LogP contribution in [0.3, 0.4) is 0 Å². The number of alkyl carbamates (subject to hydrolysis) is 1. The van der Waals surface area contributed by atoms with E-state index in [2.05, 4.69) is 10.1 Å². The number of methoxy groups -OCH3 is 1. The number of hydrogen-bond acceptors (Lipinski definition) is 2. The Labute approximate surface area is 59.3 Å². The van der Waals surface area contributed by atoms with Crippen LogP contribution in [0.15, 0.2) is 0 Å². The van der Waals surface area contributed by atoms with E-state index in [4.69, 9.17) is 11.6 Å². The second kappa shape index (κ2) is 5.69. The van der Waals surface area contributed by atoms with Gasteiger partial charge in [-0.2, -0.15) is 0 Å². The number of alkyl halides is 1. The van der Waals surface area contributed by atoms with Gasteiger partial charge in [0.25, 0.3) is 0 Å². The number of carbonyl (C=O) groups is 1. The summed E-state index contributed by atoms with van der Waals surface area (Å²) in [6.07, 6.45) is 0.372. The summed E-state index contributed by atoms with van der Waals surface area (Å²) in [6.45, 7) is 0.580. The van der Waals surface area contributed by atoms with Crippen LogP contribution in [0.5, 0.6) is 0 Å². The molecule has 0 aromatic carbocycles. The molecule has 0 aliphatic rings. The second-order valence-corrected chi connectivity index (χ2v) is 1.84. The summed E-state index contributed by atoms with van der Waals surface area (Å²) < 4.78 is 4.30. The molecule has 4 heteroatoms. The molecule has 0 aliphatic heterocycles. The third-order valence-electron chi connectivity index (χ3n) is 0.765. The van der Waals surface area contributed by atoms with Crippen LogP contribution in [0.4, 0.5) is 4.79 Å². The lowest BCUT2D eigenvalue weighted by molar-refractivity contribution is 0.171. The maximum Gasteiger partial charge on any atom is 0.406 e. The summed E-state index contributed by atoms with van der Waals surface area (Å²) in [6, 6.07) is 0. The van der Waals surface area contributed by atoms with E-state index in [9.17, 15) is 4.79 Å². The Bertz CT molecular complexity index is 87.0. The summed E-state index contributed by atoms with van der Waals surface area (Å²) in [5.41, 5.74) is 0. The Kier molecular flexibility index (Phi) is 5.41. The number of amides is 1. The van der Waals surface area contributed by atoms with Crippen LogP contribution in [-0.2, 0) is 4.74 Å². The van der Waals surface area contributed by atoms with E-state index in [0.29, 0.717) is 12.4 Å². The smallest absolute Gasteiger partial charge is 0.406 e. The Hall–Kier alpha value is -0.440. The molecule has 0 rings (SSSR count). The standard InChI is InChI=1S/C5H10ClNO2/c1-9-5(8)7-4-2-3-6/h2-4H2,1H3,(H,7,8). The lowest BCUT2D eigenvalue weighted by Crippen LogP contribution is -2.24. The SMILES string of the molecule is COC(=O)NCCCCl. The van der Waals surface area contributed by atoms with Crippen molar-refractivity contribution in [3.8, 4) is 0 Å². The molecule has 0 saturated heterocycles. The zero-order chi connectivity index (χ0) is 7.11. The van der Waals surface area contributed by atoms with Crippen LogP contribution in [-0.4, -0.2) is 25.6 Å². The Morgan fingerprint density at radius 2 is 2.44 bits per heavy atom. The molecular weight excluding hydrogens is 142 g/mol. The van der Waals surface area contributed by atoms with Gasteiger partial charge in [-0.25, -0.2) is 4.79 Å². The largest absolute Gasteiger partial charge is 0.453 e. The Morgan fingerprint density at radius 1 is 1.78 bits per heavy atom. The maximum absolute atomic E-state index is 10.3. The summed E-state index contributed by atoms with van der Waals surface area (Å²) >= 11 is 5.34. The highest BCUT2D eigenvalue weighted by molar-refractivity contribution is 6.17. The van der Waals surface area contributed by atoms with Crippen molar-refractivity contribution in [3.63, 3.8) is 0 Å². The van der Waals surface area contributed by atoms with E-state index in [1.54, 1.807) is 0 Å². The molecule has 0 saturated carbocycles. The van der Waals surface area contributed by atoms with Gasteiger partial charge < -0.3 is 10.1 Å². The van der Waals surface area contributed by atoms with Crippen molar-refractivity contribution in [2.24, 2.45) is 0 Å². The van der Waals surface area contributed by atoms with Gasteiger partial charge >= 0.3 is 6.09 Å². The Balaban J connectivity index is 2.97. The van der Waals surface area contributed by atoms with Crippen molar-refractivity contribution < 1.29 is 9.53 Å². The number of hydrogen-bond donors (Lipinski definition) is 1. The number of nitrogens with one attached hydrogen (secondary N) is 1. The van der Waals surface area contributed by atoms with Crippen LogP contribution >= 0.6 is 11.6 Å². The van der Waals surface area contributed by atoms with Gasteiger partial charge in [0.15, 0.2) is 0 Å². The molecule has 3 nitrogen and oxygen atoms in total. The van der Waals surface area contributed by atoms with E-state index < -0.39 is 6.09 Å². The quantitative estimate of drug-likeness (QED) is 0.482. The third kappa shape index (κ3) is 5.43. The highest BCUT2D eigenvalue weighted by Gasteiger charge is 1.93. The van der Waals surface area contributed by atoms with Gasteiger partial charge in [-0.05, 0) is 6.42 Å². The molecule has 0 aliphatic carbocycles. The van der Waals surface area contributed by atoms with Crippen LogP contribution < -0.4 is 5.32 Å². The lowest BCUT2D eigenvalue weighted by Gasteiger charge is -1.99. The first-order chi connectivity index (χ1) is 4.31. The van der Waals surface area contributed by atoms with Gasteiger partial charge in [0.05, 0.1) is 7.11 Å². The van der Waals surface area contributed by atoms with Gasteiger partial charge in [-0.1, -0.05) is 0 Å². The first kappa shape index (κ1) is 8.56. The zero-order valence-corrected chi connectivity index (χ0v) is 6.07. The minimum absolute atomic E-state index is 0.403. The number of carbonyl (C=O) groups excluding carboxylic acids is 1. The third-order valence-corrected chi connectivity index (χ3v) is 1.03. The number of rotatable bonds is 3. The van der Waals surface area contributed by atoms with Crippen molar-refractivity contribution in [2.45, 2.75) is 6.42 Å². The zero-order valence-electron chi connectivity index (χ0n) is 5.32. The lowest BCUT2D eigenvalue weighted by atomic mass is 10.5. The molecule has 0 bridgehead atoms. The fraction of sp³-hybridized carbons (Fsp3) is 0.800. The summed E-state index contributed by atoms with van der Waals surface area (Å²) in [7, 11) is 1.33. The Morgan fingerprint density at radius 3 is 2.89 bits per heavy atom. The summed E-state index contributed by atoms with van der Waals surface area (Å²) in [5, 5.41) is 2.49. The van der Waals surface area contributed by atoms with Crippen molar-refractivity contribution in [3.05, 3.63) is 0 Å². The predicted octanol–water partition coefficient (Wildman–Crippen LogP) is 0.971. The van der Waals surface area contributed by atoms with E-state index in [1.165, 1.54) is 7.11 Å². The molecule has 0 spiro atoms. The molecule has 0 radical (unpaired) electrons.